The van der Waals surface area contributed by atoms with Gasteiger partial charge in [0.25, 0.3) is 0 Å². The highest BCUT2D eigenvalue weighted by molar-refractivity contribution is 6.31. The fourth-order valence-electron chi connectivity index (χ4n) is 2.18. The van der Waals surface area contributed by atoms with Crippen molar-refractivity contribution in [3.63, 3.8) is 0 Å². The van der Waals surface area contributed by atoms with Gasteiger partial charge in [0.05, 0.1) is 39.6 Å². The molecule has 0 radical (unpaired) electrons. The lowest BCUT2D eigenvalue weighted by molar-refractivity contribution is -0.860. The lowest BCUT2D eigenvalue weighted by Crippen LogP contribution is -3.06. The monoisotopic (exact) mass is 342 g/mol. The number of hydrogen-bond acceptors (Lipinski definition) is 3. The number of carbonyl (C=O) groups is 2. The second kappa shape index (κ2) is 9.50. The van der Waals surface area contributed by atoms with Crippen molar-refractivity contribution in [1.29, 1.82) is 0 Å². The Morgan fingerprint density at radius 2 is 2.09 bits per heavy atom. The molecule has 23 heavy (non-hydrogen) atoms. The number of halogens is 1. The van der Waals surface area contributed by atoms with Crippen LogP contribution in [0.2, 0.25) is 5.02 Å². The van der Waals surface area contributed by atoms with E-state index in [0.29, 0.717) is 17.3 Å². The molecule has 1 amide bonds. The summed E-state index contributed by atoms with van der Waals surface area (Å²) < 4.78 is 0. The van der Waals surface area contributed by atoms with Gasteiger partial charge < -0.3 is 25.4 Å². The minimum absolute atomic E-state index is 0.136. The average molecular weight is 343 g/mol. The third-order valence-corrected chi connectivity index (χ3v) is 3.99. The average Bonchev–Trinajstić information content (AvgIpc) is 2.46. The number of carboxylic acids is 1. The van der Waals surface area contributed by atoms with Crippen LogP contribution in [0.15, 0.2) is 18.2 Å². The number of benzene rings is 1. The van der Waals surface area contributed by atoms with Gasteiger partial charge in [0.2, 0.25) is 5.91 Å². The SMILES string of the molecule is Cc1c(Cl)cccc1NC(=O)C[C@@H]([NH2+]CCC[NH+](C)C)C(=O)[O-]. The highest BCUT2D eigenvalue weighted by Crippen LogP contribution is 2.22. The molecule has 1 aromatic rings. The van der Waals surface area contributed by atoms with Crippen molar-refractivity contribution < 1.29 is 24.9 Å². The molecule has 0 bridgehead atoms. The van der Waals surface area contributed by atoms with Crippen molar-refractivity contribution in [2.45, 2.75) is 25.8 Å². The van der Waals surface area contributed by atoms with Gasteiger partial charge in [-0.05, 0) is 24.6 Å². The fraction of sp³-hybridized carbons (Fsp3) is 0.500. The summed E-state index contributed by atoms with van der Waals surface area (Å²) in [5.74, 6) is -1.58. The molecule has 0 aliphatic carbocycles. The number of nitrogens with two attached hydrogens (primary N) is 1. The molecular weight excluding hydrogens is 318 g/mol. The van der Waals surface area contributed by atoms with Crippen LogP contribution in [0, 0.1) is 6.92 Å². The Labute approximate surface area is 141 Å². The van der Waals surface area contributed by atoms with E-state index in [9.17, 15) is 14.7 Å². The Morgan fingerprint density at radius 3 is 2.70 bits per heavy atom. The third kappa shape index (κ3) is 6.99. The van der Waals surface area contributed by atoms with E-state index in [2.05, 4.69) is 5.32 Å². The summed E-state index contributed by atoms with van der Waals surface area (Å²) in [6, 6.07) is 4.32. The summed E-state index contributed by atoms with van der Waals surface area (Å²) in [5, 5.41) is 16.1. The smallest absolute Gasteiger partial charge is 0.230 e. The first kappa shape index (κ1) is 19.4. The van der Waals surface area contributed by atoms with Crippen LogP contribution < -0.4 is 20.6 Å². The Balaban J connectivity index is 2.54. The van der Waals surface area contributed by atoms with Crippen LogP contribution in [-0.2, 0) is 9.59 Å². The molecule has 0 unspecified atom stereocenters. The highest BCUT2D eigenvalue weighted by Gasteiger charge is 2.19. The Hall–Kier alpha value is -1.63. The predicted molar refractivity (Wildman–Crippen MR) is 87.3 cm³/mol. The van der Waals surface area contributed by atoms with Crippen LogP contribution in [0.3, 0.4) is 0 Å². The number of carboxylic acid groups (broad SMARTS) is 1. The van der Waals surface area contributed by atoms with E-state index in [0.717, 1.165) is 18.5 Å². The van der Waals surface area contributed by atoms with Gasteiger partial charge in [-0.15, -0.1) is 0 Å². The van der Waals surface area contributed by atoms with Gasteiger partial charge in [0.1, 0.15) is 6.04 Å². The molecule has 0 fully saturated rings. The fourth-order valence-corrected chi connectivity index (χ4v) is 2.36. The number of carbonyl (C=O) groups excluding carboxylic acids is 2. The molecule has 0 aromatic heterocycles. The van der Waals surface area contributed by atoms with E-state index in [1.807, 2.05) is 14.1 Å². The van der Waals surface area contributed by atoms with E-state index in [-0.39, 0.29) is 12.3 Å². The van der Waals surface area contributed by atoms with Crippen molar-refractivity contribution in [1.82, 2.24) is 0 Å². The molecule has 0 saturated carbocycles. The van der Waals surface area contributed by atoms with Gasteiger partial charge in [-0.3, -0.25) is 4.79 Å². The Morgan fingerprint density at radius 1 is 1.39 bits per heavy atom. The Kier molecular flexibility index (Phi) is 8.02. The first-order valence-corrected chi connectivity index (χ1v) is 8.07. The van der Waals surface area contributed by atoms with E-state index in [4.69, 9.17) is 11.6 Å². The third-order valence-electron chi connectivity index (χ3n) is 3.58. The van der Waals surface area contributed by atoms with Crippen molar-refractivity contribution in [2.24, 2.45) is 0 Å². The quantitative estimate of drug-likeness (QED) is 0.462. The van der Waals surface area contributed by atoms with Gasteiger partial charge in [0, 0.05) is 17.1 Å². The molecule has 6 nitrogen and oxygen atoms in total. The molecule has 0 aliphatic heterocycles. The number of aliphatic carboxylic acids is 1. The van der Waals surface area contributed by atoms with Crippen molar-refractivity contribution in [3.05, 3.63) is 28.8 Å². The molecular formula is C16H25ClN3O3+. The van der Waals surface area contributed by atoms with Crippen molar-refractivity contribution >= 4 is 29.2 Å². The molecule has 7 heteroatoms. The molecule has 1 atom stereocenters. The molecule has 0 saturated heterocycles. The number of amides is 1. The highest BCUT2D eigenvalue weighted by atomic mass is 35.5. The van der Waals surface area contributed by atoms with E-state index >= 15 is 0 Å². The summed E-state index contributed by atoms with van der Waals surface area (Å²) >= 11 is 6.00. The second-order valence-corrected chi connectivity index (χ2v) is 6.33. The summed E-state index contributed by atoms with van der Waals surface area (Å²) in [5.41, 5.74) is 1.35. The summed E-state index contributed by atoms with van der Waals surface area (Å²) in [6.45, 7) is 3.39. The van der Waals surface area contributed by atoms with E-state index in [1.165, 1.54) is 4.90 Å². The number of nitrogens with one attached hydrogen (secondary N) is 2. The number of hydrogen-bond donors (Lipinski definition) is 3. The molecule has 4 N–H and O–H groups in total. The molecule has 0 heterocycles. The predicted octanol–water partition coefficient (Wildman–Crippen LogP) is -1.81. The second-order valence-electron chi connectivity index (χ2n) is 5.93. The van der Waals surface area contributed by atoms with E-state index in [1.54, 1.807) is 30.4 Å². The molecule has 1 aromatic carbocycles. The van der Waals surface area contributed by atoms with Crippen LogP contribution in [0.5, 0.6) is 0 Å². The molecule has 0 aliphatic rings. The van der Waals surface area contributed by atoms with Gasteiger partial charge in [0.15, 0.2) is 0 Å². The molecule has 128 valence electrons. The van der Waals surface area contributed by atoms with Crippen LogP contribution in [0.1, 0.15) is 18.4 Å². The van der Waals surface area contributed by atoms with Gasteiger partial charge in [-0.2, -0.15) is 0 Å². The minimum Gasteiger partial charge on any atom is -0.544 e. The lowest BCUT2D eigenvalue weighted by Gasteiger charge is -2.17. The topological polar surface area (TPSA) is 90.3 Å². The largest absolute Gasteiger partial charge is 0.544 e. The van der Waals surface area contributed by atoms with E-state index < -0.39 is 12.0 Å². The standard InChI is InChI=1S/C16H24ClN3O3/c1-11-12(17)6-4-7-13(11)19-15(21)10-14(16(22)23)18-8-5-9-20(2)3/h4,6-7,14,18H,5,8-10H2,1-3H3,(H,19,21)(H,22,23)/p+1/t14-/m1/s1. The van der Waals surface area contributed by atoms with Gasteiger partial charge in [-0.1, -0.05) is 17.7 Å². The normalized spacial score (nSPS) is 12.2. The zero-order chi connectivity index (χ0) is 17.4. The minimum atomic E-state index is -1.22. The van der Waals surface area contributed by atoms with Crippen LogP contribution in [-0.4, -0.2) is 45.1 Å². The molecule has 0 spiro atoms. The van der Waals surface area contributed by atoms with Crippen LogP contribution in [0.4, 0.5) is 5.69 Å². The number of rotatable bonds is 9. The summed E-state index contributed by atoms with van der Waals surface area (Å²) in [7, 11) is 4.08. The van der Waals surface area contributed by atoms with Crippen molar-refractivity contribution in [2.75, 3.05) is 32.5 Å². The summed E-state index contributed by atoms with van der Waals surface area (Å²) in [6.07, 6.45) is 0.740. The van der Waals surface area contributed by atoms with Crippen LogP contribution in [0.25, 0.3) is 0 Å². The first-order valence-electron chi connectivity index (χ1n) is 7.69. The van der Waals surface area contributed by atoms with Crippen LogP contribution >= 0.6 is 11.6 Å². The number of anilines is 1. The van der Waals surface area contributed by atoms with Gasteiger partial charge >= 0.3 is 0 Å². The maximum absolute atomic E-state index is 12.1. The first-order chi connectivity index (χ1) is 10.8. The lowest BCUT2D eigenvalue weighted by atomic mass is 10.1. The zero-order valence-electron chi connectivity index (χ0n) is 13.8. The molecule has 1 rings (SSSR count). The maximum Gasteiger partial charge on any atom is 0.230 e. The maximum atomic E-state index is 12.1. The summed E-state index contributed by atoms with van der Waals surface area (Å²) in [4.78, 5) is 24.6. The van der Waals surface area contributed by atoms with Crippen molar-refractivity contribution in [3.8, 4) is 0 Å². The Bertz CT molecular complexity index is 549. The zero-order valence-corrected chi connectivity index (χ0v) is 14.6. The number of quaternary nitrogens is 2. The van der Waals surface area contributed by atoms with Gasteiger partial charge in [-0.25, -0.2) is 0 Å².